The van der Waals surface area contributed by atoms with Crippen LogP contribution in [0.15, 0.2) is 47.2 Å². The van der Waals surface area contributed by atoms with Crippen LogP contribution in [0, 0.1) is 5.92 Å². The van der Waals surface area contributed by atoms with Crippen molar-refractivity contribution in [2.45, 2.75) is 45.1 Å². The molecule has 0 aromatic carbocycles. The number of aromatic nitrogens is 3. The lowest BCUT2D eigenvalue weighted by atomic mass is 9.86. The lowest BCUT2D eigenvalue weighted by molar-refractivity contribution is 0.354. The van der Waals surface area contributed by atoms with Crippen molar-refractivity contribution in [2.75, 3.05) is 5.32 Å². The van der Waals surface area contributed by atoms with E-state index in [-0.39, 0.29) is 0 Å². The van der Waals surface area contributed by atoms with E-state index in [0.29, 0.717) is 6.54 Å². The zero-order chi connectivity index (χ0) is 17.1. The molecule has 1 fully saturated rings. The van der Waals surface area contributed by atoms with Crippen molar-refractivity contribution in [1.82, 2.24) is 14.4 Å². The smallest absolute Gasteiger partial charge is 0.152 e. The van der Waals surface area contributed by atoms with Crippen molar-refractivity contribution in [3.63, 3.8) is 0 Å². The maximum atomic E-state index is 4.90. The first-order valence-electron chi connectivity index (χ1n) is 9.10. The molecule has 3 aromatic heterocycles. The van der Waals surface area contributed by atoms with Gasteiger partial charge < -0.3 is 5.32 Å². The molecule has 0 radical (unpaired) electrons. The van der Waals surface area contributed by atoms with Gasteiger partial charge in [-0.3, -0.25) is 9.38 Å². The summed E-state index contributed by atoms with van der Waals surface area (Å²) >= 11 is 3.63. The molecule has 1 aliphatic rings. The maximum Gasteiger partial charge on any atom is 0.152 e. The zero-order valence-electron chi connectivity index (χ0n) is 14.3. The Labute approximate surface area is 156 Å². The summed E-state index contributed by atoms with van der Waals surface area (Å²) in [6.45, 7) is 0.707. The molecule has 0 saturated heterocycles. The van der Waals surface area contributed by atoms with E-state index in [1.807, 2.05) is 24.4 Å². The normalized spacial score (nSPS) is 15.6. The van der Waals surface area contributed by atoms with E-state index in [2.05, 4.69) is 49.0 Å². The van der Waals surface area contributed by atoms with E-state index in [0.717, 1.165) is 34.0 Å². The number of fused-ring (bicyclic) bond motifs is 1. The third kappa shape index (κ3) is 3.87. The van der Waals surface area contributed by atoms with Crippen LogP contribution < -0.4 is 5.32 Å². The van der Waals surface area contributed by atoms with Crippen LogP contribution in [-0.4, -0.2) is 14.4 Å². The summed E-state index contributed by atoms with van der Waals surface area (Å²) in [7, 11) is 0. The molecule has 1 saturated carbocycles. The number of pyridine rings is 1. The van der Waals surface area contributed by atoms with E-state index >= 15 is 0 Å². The molecule has 4 rings (SSSR count). The van der Waals surface area contributed by atoms with E-state index in [4.69, 9.17) is 4.98 Å². The first kappa shape index (κ1) is 16.6. The van der Waals surface area contributed by atoms with Gasteiger partial charge in [0.05, 0.1) is 16.7 Å². The lowest BCUT2D eigenvalue weighted by Gasteiger charge is -2.21. The molecule has 130 valence electrons. The van der Waals surface area contributed by atoms with E-state index in [1.165, 1.54) is 37.8 Å². The predicted octanol–water partition coefficient (Wildman–Crippen LogP) is 5.23. The highest BCUT2D eigenvalue weighted by molar-refractivity contribution is 9.10. The van der Waals surface area contributed by atoms with E-state index in [1.54, 1.807) is 0 Å². The van der Waals surface area contributed by atoms with Crippen molar-refractivity contribution in [3.8, 4) is 0 Å². The number of hydrogen-bond acceptors (Lipinski definition) is 3. The zero-order valence-corrected chi connectivity index (χ0v) is 15.9. The van der Waals surface area contributed by atoms with Gasteiger partial charge in [0.1, 0.15) is 5.82 Å². The Kier molecular flexibility index (Phi) is 5.02. The van der Waals surface area contributed by atoms with Gasteiger partial charge in [0, 0.05) is 24.2 Å². The Balaban J connectivity index is 1.59. The molecule has 1 aliphatic carbocycles. The third-order valence-corrected chi connectivity index (χ3v) is 5.64. The molecular formula is C20H23BrN4. The first-order valence-corrected chi connectivity index (χ1v) is 9.89. The molecule has 5 heteroatoms. The van der Waals surface area contributed by atoms with Crippen LogP contribution in [0.25, 0.3) is 5.65 Å². The lowest BCUT2D eigenvalue weighted by Crippen LogP contribution is -2.12. The van der Waals surface area contributed by atoms with Crippen molar-refractivity contribution in [1.29, 1.82) is 0 Å². The molecule has 25 heavy (non-hydrogen) atoms. The fraction of sp³-hybridized carbons (Fsp3) is 0.400. The molecule has 1 N–H and O–H groups in total. The predicted molar refractivity (Wildman–Crippen MR) is 105 cm³/mol. The molecule has 3 heterocycles. The SMILES string of the molecule is Brc1ccn2c(NCc3ccccn3)cc(CC3CCCCC3)nc12. The second kappa shape index (κ2) is 7.56. The molecular weight excluding hydrogens is 376 g/mol. The van der Waals surface area contributed by atoms with Crippen molar-refractivity contribution < 1.29 is 0 Å². The van der Waals surface area contributed by atoms with Crippen LogP contribution in [0.4, 0.5) is 5.82 Å². The quantitative estimate of drug-likeness (QED) is 0.639. The first-order chi connectivity index (χ1) is 12.3. The van der Waals surface area contributed by atoms with Crippen LogP contribution in [0.1, 0.15) is 43.5 Å². The molecule has 4 nitrogen and oxygen atoms in total. The summed E-state index contributed by atoms with van der Waals surface area (Å²) in [6.07, 6.45) is 11.8. The van der Waals surface area contributed by atoms with Crippen LogP contribution >= 0.6 is 15.9 Å². The number of rotatable bonds is 5. The van der Waals surface area contributed by atoms with Crippen molar-refractivity contribution >= 4 is 27.4 Å². The van der Waals surface area contributed by atoms with Gasteiger partial charge in [-0.05, 0) is 46.5 Å². The highest BCUT2D eigenvalue weighted by Gasteiger charge is 2.16. The number of halogens is 1. The summed E-state index contributed by atoms with van der Waals surface area (Å²) in [5.74, 6) is 1.85. The summed E-state index contributed by atoms with van der Waals surface area (Å²) in [5, 5.41) is 3.53. The third-order valence-electron chi connectivity index (χ3n) is 5.02. The minimum atomic E-state index is 0.707. The van der Waals surface area contributed by atoms with Gasteiger partial charge in [-0.1, -0.05) is 38.2 Å². The van der Waals surface area contributed by atoms with Gasteiger partial charge in [0.25, 0.3) is 0 Å². The van der Waals surface area contributed by atoms with Crippen molar-refractivity contribution in [2.24, 2.45) is 5.92 Å². The Hall–Kier alpha value is -1.88. The fourth-order valence-electron chi connectivity index (χ4n) is 3.71. The van der Waals surface area contributed by atoms with Gasteiger partial charge in [0.15, 0.2) is 5.65 Å². The molecule has 3 aromatic rings. The molecule has 0 spiro atoms. The maximum absolute atomic E-state index is 4.90. The molecule has 0 atom stereocenters. The minimum Gasteiger partial charge on any atom is -0.365 e. The monoisotopic (exact) mass is 398 g/mol. The van der Waals surface area contributed by atoms with Crippen LogP contribution in [0.2, 0.25) is 0 Å². The largest absolute Gasteiger partial charge is 0.365 e. The number of nitrogens with zero attached hydrogens (tertiary/aromatic N) is 3. The Morgan fingerprint density at radius 2 is 2.00 bits per heavy atom. The van der Waals surface area contributed by atoms with Gasteiger partial charge in [-0.25, -0.2) is 4.98 Å². The van der Waals surface area contributed by atoms with E-state index in [9.17, 15) is 0 Å². The Morgan fingerprint density at radius 3 is 2.80 bits per heavy atom. The van der Waals surface area contributed by atoms with Gasteiger partial charge in [0.2, 0.25) is 0 Å². The summed E-state index contributed by atoms with van der Waals surface area (Å²) < 4.78 is 3.15. The van der Waals surface area contributed by atoms with Gasteiger partial charge in [-0.15, -0.1) is 0 Å². The molecule has 0 bridgehead atoms. The molecule has 0 amide bonds. The van der Waals surface area contributed by atoms with Crippen LogP contribution in [0.5, 0.6) is 0 Å². The van der Waals surface area contributed by atoms with Gasteiger partial charge in [-0.2, -0.15) is 0 Å². The summed E-state index contributed by atoms with van der Waals surface area (Å²) in [5.41, 5.74) is 3.20. The average molecular weight is 399 g/mol. The second-order valence-electron chi connectivity index (χ2n) is 6.87. The second-order valence-corrected chi connectivity index (χ2v) is 7.73. The Morgan fingerprint density at radius 1 is 1.12 bits per heavy atom. The molecule has 0 unspecified atom stereocenters. The molecule has 0 aliphatic heterocycles. The van der Waals surface area contributed by atoms with Gasteiger partial charge >= 0.3 is 0 Å². The topological polar surface area (TPSA) is 42.2 Å². The standard InChI is InChI=1S/C20H23BrN4/c21-18-9-11-25-19(23-14-16-8-4-5-10-22-16)13-17(24-20(18)25)12-15-6-2-1-3-7-15/h4-5,8-11,13,15,23H,1-3,6-7,12,14H2. The van der Waals surface area contributed by atoms with Crippen LogP contribution in [0.3, 0.4) is 0 Å². The summed E-state index contributed by atoms with van der Waals surface area (Å²) in [6, 6.07) is 10.3. The highest BCUT2D eigenvalue weighted by Crippen LogP contribution is 2.29. The highest BCUT2D eigenvalue weighted by atomic mass is 79.9. The van der Waals surface area contributed by atoms with Crippen molar-refractivity contribution in [3.05, 3.63) is 58.6 Å². The fourth-order valence-corrected chi connectivity index (χ4v) is 4.11. The number of anilines is 1. The van der Waals surface area contributed by atoms with E-state index < -0.39 is 0 Å². The minimum absolute atomic E-state index is 0.707. The Bertz CT molecular complexity index is 838. The average Bonchev–Trinajstić information content (AvgIpc) is 3.03. The van der Waals surface area contributed by atoms with Crippen LogP contribution in [-0.2, 0) is 13.0 Å². The summed E-state index contributed by atoms with van der Waals surface area (Å²) in [4.78, 5) is 9.30. The number of nitrogens with one attached hydrogen (secondary N) is 1. The number of hydrogen-bond donors (Lipinski definition) is 1.